The van der Waals surface area contributed by atoms with Gasteiger partial charge in [-0.1, -0.05) is 0 Å². The van der Waals surface area contributed by atoms with Crippen molar-refractivity contribution < 1.29 is 16.9 Å². The van der Waals surface area contributed by atoms with Crippen LogP contribution in [0.4, 0.5) is 0 Å². The number of nitrogens with zero attached hydrogens (tertiary/aromatic N) is 1. The number of aromatic nitrogens is 1. The van der Waals surface area contributed by atoms with E-state index in [4.69, 9.17) is 0 Å². The molecule has 66 valence electrons. The minimum Gasteiger partial charge on any atom is -0.693 e. The van der Waals surface area contributed by atoms with E-state index < -0.39 is 10.3 Å². The molecule has 5 heteroatoms. The zero-order valence-corrected chi connectivity index (χ0v) is 7.63. The first-order valence-electron chi connectivity index (χ1n) is 3.36. The van der Waals surface area contributed by atoms with Gasteiger partial charge in [0.25, 0.3) is 0 Å². The third-order valence-corrected chi connectivity index (χ3v) is 2.42. The van der Waals surface area contributed by atoms with Gasteiger partial charge in [-0.3, -0.25) is 0 Å². The topological polar surface area (TPSA) is 61.1 Å². The van der Waals surface area contributed by atoms with Gasteiger partial charge in [-0.05, 0) is 19.4 Å². The van der Waals surface area contributed by atoms with Crippen LogP contribution in [0.1, 0.15) is 11.1 Å². The van der Waals surface area contributed by atoms with E-state index in [1.807, 2.05) is 6.92 Å². The summed E-state index contributed by atoms with van der Waals surface area (Å²) >= 11 is 0. The van der Waals surface area contributed by atoms with Crippen molar-refractivity contribution >= 4 is 10.3 Å². The van der Waals surface area contributed by atoms with Gasteiger partial charge in [0, 0.05) is 11.6 Å². The molecule has 1 aromatic heterocycles. The molecular formula is C7H9NO3S. The molecule has 0 aliphatic heterocycles. The molecule has 0 N–H and O–H groups in total. The van der Waals surface area contributed by atoms with Gasteiger partial charge in [-0.15, -0.1) is 3.97 Å². The van der Waals surface area contributed by atoms with Crippen LogP contribution in [-0.4, -0.2) is 13.0 Å². The zero-order chi connectivity index (χ0) is 9.35. The summed E-state index contributed by atoms with van der Waals surface area (Å²) in [5.74, 6) is 0. The first-order valence-corrected chi connectivity index (χ1v) is 4.72. The Kier molecular flexibility index (Phi) is 2.16. The van der Waals surface area contributed by atoms with Gasteiger partial charge >= 0.3 is 10.3 Å². The van der Waals surface area contributed by atoms with E-state index in [2.05, 4.69) is 0 Å². The smallest absolute Gasteiger partial charge is 0.329 e. The molecule has 0 aliphatic rings. The number of pyridine rings is 1. The van der Waals surface area contributed by atoms with Gasteiger partial charge in [0.2, 0.25) is 0 Å². The Bertz CT molecular complexity index is 397. The molecule has 0 amide bonds. The van der Waals surface area contributed by atoms with Gasteiger partial charge in [0.1, 0.15) is 0 Å². The van der Waals surface area contributed by atoms with Crippen LogP contribution in [0.5, 0.6) is 0 Å². The van der Waals surface area contributed by atoms with E-state index >= 15 is 0 Å². The van der Waals surface area contributed by atoms with Crippen molar-refractivity contribution in [3.8, 4) is 0 Å². The molecule has 1 rings (SSSR count). The van der Waals surface area contributed by atoms with Crippen LogP contribution in [0.25, 0.3) is 0 Å². The van der Waals surface area contributed by atoms with Crippen molar-refractivity contribution in [3.05, 3.63) is 29.6 Å². The number of aryl methyl sites for hydroxylation is 2. The zero-order valence-electron chi connectivity index (χ0n) is 6.81. The molecule has 4 nitrogen and oxygen atoms in total. The van der Waals surface area contributed by atoms with Crippen LogP contribution in [0.3, 0.4) is 0 Å². The van der Waals surface area contributed by atoms with E-state index in [0.717, 1.165) is 11.1 Å². The van der Waals surface area contributed by atoms with Gasteiger partial charge < -0.3 is 4.55 Å². The molecule has 0 atom stereocenters. The lowest BCUT2D eigenvalue weighted by Gasteiger charge is -2.01. The third-order valence-electron chi connectivity index (χ3n) is 1.67. The Balaban J connectivity index is 3.33. The first kappa shape index (κ1) is 9.15. The minimum absolute atomic E-state index is 0.662. The molecule has 1 heterocycles. The average Bonchev–Trinajstić information content (AvgIpc) is 1.92. The fourth-order valence-corrected chi connectivity index (χ4v) is 1.29. The summed E-state index contributed by atoms with van der Waals surface area (Å²) in [5, 5.41) is 0. The van der Waals surface area contributed by atoms with Crippen LogP contribution < -0.4 is 3.97 Å². The van der Waals surface area contributed by atoms with Crippen molar-refractivity contribution in [1.29, 1.82) is 0 Å². The summed E-state index contributed by atoms with van der Waals surface area (Å²) in [7, 11) is -4.38. The highest BCUT2D eigenvalue weighted by Gasteiger charge is 2.08. The van der Waals surface area contributed by atoms with Gasteiger partial charge in [0.05, 0.1) is 0 Å². The second-order valence-electron chi connectivity index (χ2n) is 2.60. The molecule has 0 spiro atoms. The second kappa shape index (κ2) is 2.84. The number of hydrogen-bond acceptors (Lipinski definition) is 3. The lowest BCUT2D eigenvalue weighted by atomic mass is 10.2. The molecule has 0 saturated carbocycles. The Morgan fingerprint density at radius 3 is 2.33 bits per heavy atom. The SMILES string of the molecule is Cc1cc[n+](S(=O)(=O)[O-])cc1C. The predicted octanol–water partition coefficient (Wildman–Crippen LogP) is -0.101. The molecule has 0 bridgehead atoms. The van der Waals surface area contributed by atoms with Crippen molar-refractivity contribution in [2.45, 2.75) is 13.8 Å². The predicted molar refractivity (Wildman–Crippen MR) is 41.2 cm³/mol. The molecule has 0 unspecified atom stereocenters. The summed E-state index contributed by atoms with van der Waals surface area (Å²) in [6.45, 7) is 3.59. The first-order chi connectivity index (χ1) is 5.41. The van der Waals surface area contributed by atoms with Crippen LogP contribution in [0.2, 0.25) is 0 Å². The van der Waals surface area contributed by atoms with E-state index in [9.17, 15) is 13.0 Å². The molecule has 0 aromatic carbocycles. The molecule has 0 radical (unpaired) electrons. The monoisotopic (exact) mass is 187 g/mol. The normalized spacial score (nSPS) is 11.6. The summed E-state index contributed by atoms with van der Waals surface area (Å²) < 4.78 is 32.2. The largest absolute Gasteiger partial charge is 0.693 e. The Morgan fingerprint density at radius 1 is 1.33 bits per heavy atom. The maximum atomic E-state index is 10.5. The Labute approximate surface area is 71.4 Å². The van der Waals surface area contributed by atoms with Crippen LogP contribution >= 0.6 is 0 Å². The van der Waals surface area contributed by atoms with E-state index in [1.54, 1.807) is 13.0 Å². The summed E-state index contributed by atoms with van der Waals surface area (Å²) in [5.41, 5.74) is 1.73. The Hall–Kier alpha value is -0.940. The lowest BCUT2D eigenvalue weighted by Crippen LogP contribution is -2.42. The average molecular weight is 187 g/mol. The molecule has 0 aliphatic carbocycles. The van der Waals surface area contributed by atoms with Crippen molar-refractivity contribution in [2.75, 3.05) is 0 Å². The number of hydrogen-bond donors (Lipinski definition) is 0. The van der Waals surface area contributed by atoms with Crippen molar-refractivity contribution in [2.24, 2.45) is 0 Å². The van der Waals surface area contributed by atoms with Crippen molar-refractivity contribution in [3.63, 3.8) is 0 Å². The van der Waals surface area contributed by atoms with Crippen LogP contribution in [-0.2, 0) is 10.3 Å². The number of rotatable bonds is 1. The summed E-state index contributed by atoms with van der Waals surface area (Å²) in [6.07, 6.45) is 2.54. The maximum absolute atomic E-state index is 10.5. The third kappa shape index (κ3) is 1.80. The second-order valence-corrected chi connectivity index (χ2v) is 3.88. The van der Waals surface area contributed by atoms with Crippen molar-refractivity contribution in [1.82, 2.24) is 0 Å². The van der Waals surface area contributed by atoms with Gasteiger partial charge in [-0.2, -0.15) is 8.42 Å². The highest BCUT2D eigenvalue weighted by molar-refractivity contribution is 7.78. The van der Waals surface area contributed by atoms with Gasteiger partial charge in [0.15, 0.2) is 12.4 Å². The van der Waals surface area contributed by atoms with Crippen LogP contribution in [0, 0.1) is 13.8 Å². The fourth-order valence-electron chi connectivity index (χ4n) is 0.792. The molecule has 0 saturated heterocycles. The van der Waals surface area contributed by atoms with Crippen LogP contribution in [0.15, 0.2) is 18.5 Å². The van der Waals surface area contributed by atoms with E-state index in [1.165, 1.54) is 12.4 Å². The Morgan fingerprint density at radius 2 is 1.92 bits per heavy atom. The maximum Gasteiger partial charge on any atom is 0.329 e. The van der Waals surface area contributed by atoms with E-state index in [-0.39, 0.29) is 0 Å². The summed E-state index contributed by atoms with van der Waals surface area (Å²) in [6, 6.07) is 1.59. The summed E-state index contributed by atoms with van der Waals surface area (Å²) in [4.78, 5) is 0. The van der Waals surface area contributed by atoms with E-state index in [0.29, 0.717) is 3.97 Å². The fraction of sp³-hybridized carbons (Fsp3) is 0.286. The molecule has 0 fully saturated rings. The standard InChI is InChI=1S/C7H9NO3S/c1-6-3-4-8(5-7(6)2)12(9,10)11/h3-5H,1-2H3. The molecule has 12 heavy (non-hydrogen) atoms. The quantitative estimate of drug-likeness (QED) is 0.455. The highest BCUT2D eigenvalue weighted by atomic mass is 32.2. The minimum atomic E-state index is -4.38. The highest BCUT2D eigenvalue weighted by Crippen LogP contribution is 2.00. The van der Waals surface area contributed by atoms with Gasteiger partial charge in [-0.25, -0.2) is 0 Å². The lowest BCUT2D eigenvalue weighted by molar-refractivity contribution is -0.520. The molecular weight excluding hydrogens is 178 g/mol. The molecule has 1 aromatic rings.